The first kappa shape index (κ1) is 12.2. The molecular weight excluding hydrogens is 281 g/mol. The molecule has 0 spiro atoms. The van der Waals surface area contributed by atoms with Gasteiger partial charge in [0.2, 0.25) is 0 Å². The zero-order valence-electron chi connectivity index (χ0n) is 9.53. The molecular formula is C14H13BrFN. The summed E-state index contributed by atoms with van der Waals surface area (Å²) in [5.74, 6) is -0.206. The van der Waals surface area contributed by atoms with Crippen molar-refractivity contribution in [2.75, 3.05) is 0 Å². The van der Waals surface area contributed by atoms with Gasteiger partial charge in [0.25, 0.3) is 0 Å². The summed E-state index contributed by atoms with van der Waals surface area (Å²) in [6.07, 6.45) is 2.60. The average Bonchev–Trinajstić information content (AvgIpc) is 2.33. The third-order valence-corrected chi connectivity index (χ3v) is 3.57. The fourth-order valence-corrected chi connectivity index (χ4v) is 2.30. The Morgan fingerprint density at radius 3 is 2.59 bits per heavy atom. The molecule has 1 nitrogen and oxygen atoms in total. The van der Waals surface area contributed by atoms with E-state index in [1.807, 2.05) is 19.1 Å². The van der Waals surface area contributed by atoms with Crippen molar-refractivity contribution in [3.63, 3.8) is 0 Å². The van der Waals surface area contributed by atoms with Gasteiger partial charge in [0.15, 0.2) is 0 Å². The van der Waals surface area contributed by atoms with E-state index in [0.29, 0.717) is 0 Å². The van der Waals surface area contributed by atoms with E-state index in [1.165, 1.54) is 17.7 Å². The molecule has 88 valence electrons. The number of aromatic nitrogens is 1. The third kappa shape index (κ3) is 3.13. The first-order valence-electron chi connectivity index (χ1n) is 5.47. The fourth-order valence-electron chi connectivity index (χ4n) is 1.69. The van der Waals surface area contributed by atoms with Crippen LogP contribution in [0.1, 0.15) is 21.6 Å². The average molecular weight is 294 g/mol. The van der Waals surface area contributed by atoms with Crippen LogP contribution < -0.4 is 0 Å². The predicted molar refractivity (Wildman–Crippen MR) is 70.7 cm³/mol. The summed E-state index contributed by atoms with van der Waals surface area (Å²) in [5.41, 5.74) is 3.31. The van der Waals surface area contributed by atoms with Crippen molar-refractivity contribution in [2.45, 2.75) is 18.2 Å². The molecule has 0 aliphatic carbocycles. The largest absolute Gasteiger partial charge is 0.261 e. The molecule has 1 unspecified atom stereocenters. The maximum absolute atomic E-state index is 12.8. The Balaban J connectivity index is 2.14. The number of aryl methyl sites for hydroxylation is 1. The van der Waals surface area contributed by atoms with Gasteiger partial charge in [-0.3, -0.25) is 4.98 Å². The SMILES string of the molecule is Cc1cccnc1CC(Br)c1ccc(F)cc1. The lowest BCUT2D eigenvalue weighted by atomic mass is 10.1. The minimum Gasteiger partial charge on any atom is -0.261 e. The van der Waals surface area contributed by atoms with Gasteiger partial charge in [-0.15, -0.1) is 0 Å². The van der Waals surface area contributed by atoms with Crippen molar-refractivity contribution < 1.29 is 4.39 Å². The Hall–Kier alpha value is -1.22. The number of hydrogen-bond acceptors (Lipinski definition) is 1. The molecule has 1 aromatic carbocycles. The highest BCUT2D eigenvalue weighted by Gasteiger charge is 2.10. The molecule has 2 aromatic rings. The first-order valence-corrected chi connectivity index (χ1v) is 6.38. The van der Waals surface area contributed by atoms with E-state index in [9.17, 15) is 4.39 Å². The van der Waals surface area contributed by atoms with Gasteiger partial charge in [-0.1, -0.05) is 34.1 Å². The summed E-state index contributed by atoms with van der Waals surface area (Å²) in [7, 11) is 0. The maximum atomic E-state index is 12.8. The normalized spacial score (nSPS) is 12.4. The molecule has 0 N–H and O–H groups in total. The van der Waals surface area contributed by atoms with Crippen LogP contribution in [0.2, 0.25) is 0 Å². The third-order valence-electron chi connectivity index (χ3n) is 2.72. The highest BCUT2D eigenvalue weighted by molar-refractivity contribution is 9.09. The minimum absolute atomic E-state index is 0.164. The van der Waals surface area contributed by atoms with Crippen LogP contribution in [-0.2, 0) is 6.42 Å². The fraction of sp³-hybridized carbons (Fsp3) is 0.214. The molecule has 17 heavy (non-hydrogen) atoms. The van der Waals surface area contributed by atoms with Gasteiger partial charge in [0.05, 0.1) is 0 Å². The molecule has 0 bridgehead atoms. The predicted octanol–water partition coefficient (Wildman–Crippen LogP) is 4.21. The summed E-state index contributed by atoms with van der Waals surface area (Å²) in [6.45, 7) is 2.05. The Morgan fingerprint density at radius 2 is 1.94 bits per heavy atom. The minimum atomic E-state index is -0.206. The molecule has 0 saturated heterocycles. The number of nitrogens with zero attached hydrogens (tertiary/aromatic N) is 1. The van der Waals surface area contributed by atoms with Crippen LogP contribution in [-0.4, -0.2) is 4.98 Å². The van der Waals surface area contributed by atoms with E-state index in [2.05, 4.69) is 20.9 Å². The highest BCUT2D eigenvalue weighted by atomic mass is 79.9. The second kappa shape index (κ2) is 5.41. The second-order valence-electron chi connectivity index (χ2n) is 3.99. The van der Waals surface area contributed by atoms with Gasteiger partial charge in [0.1, 0.15) is 5.82 Å². The Morgan fingerprint density at radius 1 is 1.24 bits per heavy atom. The van der Waals surface area contributed by atoms with E-state index < -0.39 is 0 Å². The number of alkyl halides is 1. The number of pyridine rings is 1. The number of rotatable bonds is 3. The van der Waals surface area contributed by atoms with Gasteiger partial charge in [0, 0.05) is 23.1 Å². The molecule has 0 aliphatic rings. The van der Waals surface area contributed by atoms with Crippen LogP contribution in [0.3, 0.4) is 0 Å². The zero-order valence-corrected chi connectivity index (χ0v) is 11.1. The second-order valence-corrected chi connectivity index (χ2v) is 5.10. The number of halogens is 2. The van der Waals surface area contributed by atoms with E-state index in [0.717, 1.165) is 17.7 Å². The molecule has 1 aromatic heterocycles. The lowest BCUT2D eigenvalue weighted by molar-refractivity contribution is 0.627. The summed E-state index contributed by atoms with van der Waals surface area (Å²) < 4.78 is 12.8. The molecule has 0 saturated carbocycles. The van der Waals surface area contributed by atoms with E-state index in [4.69, 9.17) is 0 Å². The van der Waals surface area contributed by atoms with E-state index >= 15 is 0 Å². The topological polar surface area (TPSA) is 12.9 Å². The van der Waals surface area contributed by atoms with Crippen LogP contribution in [0.25, 0.3) is 0 Å². The standard InChI is InChI=1S/C14H13BrFN/c1-10-3-2-8-17-14(10)9-13(15)11-4-6-12(16)7-5-11/h2-8,13H,9H2,1H3. The van der Waals surface area contributed by atoms with Crippen molar-refractivity contribution in [3.8, 4) is 0 Å². The van der Waals surface area contributed by atoms with Gasteiger partial charge >= 0.3 is 0 Å². The summed E-state index contributed by atoms with van der Waals surface area (Å²) in [6, 6.07) is 10.5. The van der Waals surface area contributed by atoms with E-state index in [-0.39, 0.29) is 10.6 Å². The zero-order chi connectivity index (χ0) is 12.3. The molecule has 0 aliphatic heterocycles. The van der Waals surface area contributed by atoms with E-state index in [1.54, 1.807) is 18.3 Å². The smallest absolute Gasteiger partial charge is 0.123 e. The van der Waals surface area contributed by atoms with Gasteiger partial charge < -0.3 is 0 Å². The molecule has 0 radical (unpaired) electrons. The Labute approximate surface area is 109 Å². The van der Waals surface area contributed by atoms with Crippen molar-refractivity contribution in [3.05, 3.63) is 65.2 Å². The van der Waals surface area contributed by atoms with Crippen molar-refractivity contribution >= 4 is 15.9 Å². The summed E-state index contributed by atoms with van der Waals surface area (Å²) >= 11 is 3.62. The van der Waals surface area contributed by atoms with Crippen LogP contribution in [0.4, 0.5) is 4.39 Å². The maximum Gasteiger partial charge on any atom is 0.123 e. The van der Waals surface area contributed by atoms with Crippen LogP contribution in [0, 0.1) is 12.7 Å². The van der Waals surface area contributed by atoms with Crippen molar-refractivity contribution in [2.24, 2.45) is 0 Å². The van der Waals surface area contributed by atoms with Crippen molar-refractivity contribution in [1.29, 1.82) is 0 Å². The Kier molecular flexibility index (Phi) is 3.89. The molecule has 2 rings (SSSR count). The molecule has 1 atom stereocenters. The van der Waals surface area contributed by atoms with Crippen LogP contribution in [0.15, 0.2) is 42.6 Å². The van der Waals surface area contributed by atoms with Crippen LogP contribution in [0.5, 0.6) is 0 Å². The number of hydrogen-bond donors (Lipinski definition) is 0. The highest BCUT2D eigenvalue weighted by Crippen LogP contribution is 2.27. The van der Waals surface area contributed by atoms with Crippen LogP contribution >= 0.6 is 15.9 Å². The number of benzene rings is 1. The monoisotopic (exact) mass is 293 g/mol. The molecule has 1 heterocycles. The van der Waals surface area contributed by atoms with Crippen molar-refractivity contribution in [1.82, 2.24) is 4.98 Å². The summed E-state index contributed by atoms with van der Waals surface area (Å²) in [5, 5.41) is 0. The first-order chi connectivity index (χ1) is 8.16. The lowest BCUT2D eigenvalue weighted by Crippen LogP contribution is -2.00. The molecule has 0 amide bonds. The van der Waals surface area contributed by atoms with Gasteiger partial charge in [-0.2, -0.15) is 0 Å². The lowest BCUT2D eigenvalue weighted by Gasteiger charge is -2.11. The Bertz CT molecular complexity index is 496. The van der Waals surface area contributed by atoms with Gasteiger partial charge in [-0.25, -0.2) is 4.39 Å². The quantitative estimate of drug-likeness (QED) is 0.773. The summed E-state index contributed by atoms with van der Waals surface area (Å²) in [4.78, 5) is 4.52. The molecule has 0 fully saturated rings. The van der Waals surface area contributed by atoms with Gasteiger partial charge in [-0.05, 0) is 36.2 Å². The molecule has 3 heteroatoms.